The van der Waals surface area contributed by atoms with Crippen molar-refractivity contribution in [3.8, 4) is 11.5 Å². The zero-order valence-electron chi connectivity index (χ0n) is 13.0. The average Bonchev–Trinajstić information content (AvgIpc) is 2.56. The Hall–Kier alpha value is -1.29. The molecule has 0 radical (unpaired) electrons. The molecule has 0 bridgehead atoms. The number of rotatable bonds is 8. The van der Waals surface area contributed by atoms with Crippen LogP contribution >= 0.6 is 0 Å². The molecule has 2 aromatic carbocycles. The van der Waals surface area contributed by atoms with Crippen molar-refractivity contribution in [2.45, 2.75) is 32.6 Å². The number of benzene rings is 2. The summed E-state index contributed by atoms with van der Waals surface area (Å²) in [4.78, 5) is 12.0. The normalized spacial score (nSPS) is 9.78. The molecule has 0 N–H and O–H groups in total. The van der Waals surface area contributed by atoms with Gasteiger partial charge in [-0.15, -0.1) is 0 Å². The monoisotopic (exact) mass is 322 g/mol. The van der Waals surface area contributed by atoms with Gasteiger partial charge in [0.1, 0.15) is 11.5 Å². The van der Waals surface area contributed by atoms with E-state index in [9.17, 15) is 4.79 Å². The molecule has 0 aliphatic heterocycles. The molecule has 0 atom stereocenters. The summed E-state index contributed by atoms with van der Waals surface area (Å²) < 4.78 is 10.9. The SMILES string of the molecule is CCCCCCOc1ccc(C(=O)Oc2ccccc2)cc1.[NaH]. The fraction of sp³-hybridized carbons (Fsp3) is 0.316. The van der Waals surface area contributed by atoms with Gasteiger partial charge < -0.3 is 9.47 Å². The van der Waals surface area contributed by atoms with Crippen molar-refractivity contribution >= 4 is 35.5 Å². The van der Waals surface area contributed by atoms with Crippen LogP contribution in [0.1, 0.15) is 43.0 Å². The molecule has 0 aliphatic rings. The predicted octanol–water partition coefficient (Wildman–Crippen LogP) is 4.22. The van der Waals surface area contributed by atoms with E-state index in [0.29, 0.717) is 17.9 Å². The third-order valence-corrected chi connectivity index (χ3v) is 3.31. The molecule has 0 saturated carbocycles. The Morgan fingerprint density at radius 3 is 2.22 bits per heavy atom. The maximum atomic E-state index is 12.0. The van der Waals surface area contributed by atoms with E-state index in [2.05, 4.69) is 6.92 Å². The van der Waals surface area contributed by atoms with Gasteiger partial charge in [-0.05, 0) is 42.8 Å². The van der Waals surface area contributed by atoms with Crippen molar-refractivity contribution in [2.24, 2.45) is 0 Å². The minimum absolute atomic E-state index is 0. The molecule has 3 nitrogen and oxygen atoms in total. The Morgan fingerprint density at radius 2 is 1.57 bits per heavy atom. The maximum absolute atomic E-state index is 12.0. The van der Waals surface area contributed by atoms with E-state index >= 15 is 0 Å². The summed E-state index contributed by atoms with van der Waals surface area (Å²) in [6.07, 6.45) is 4.72. The third kappa shape index (κ3) is 7.21. The van der Waals surface area contributed by atoms with Gasteiger partial charge >= 0.3 is 35.5 Å². The van der Waals surface area contributed by atoms with Crippen molar-refractivity contribution < 1.29 is 14.3 Å². The van der Waals surface area contributed by atoms with Gasteiger partial charge in [0.25, 0.3) is 0 Å². The number of ether oxygens (including phenoxy) is 2. The minimum atomic E-state index is -0.360. The second-order valence-electron chi connectivity index (χ2n) is 5.14. The van der Waals surface area contributed by atoms with Crippen molar-refractivity contribution in [1.29, 1.82) is 0 Å². The van der Waals surface area contributed by atoms with E-state index in [1.54, 1.807) is 36.4 Å². The number of unbranched alkanes of at least 4 members (excludes halogenated alkanes) is 3. The topological polar surface area (TPSA) is 35.5 Å². The second kappa shape index (κ2) is 11.3. The standard InChI is InChI=1S/C19H22O3.Na.H/c1-2-3-4-8-15-21-17-13-11-16(12-14-17)19(20)22-18-9-6-5-7-10-18;;/h5-7,9-14H,2-4,8,15H2,1H3;;. The van der Waals surface area contributed by atoms with Gasteiger partial charge in [-0.2, -0.15) is 0 Å². The molecule has 23 heavy (non-hydrogen) atoms. The molecule has 2 rings (SSSR count). The first kappa shape index (κ1) is 19.8. The molecule has 4 heteroatoms. The van der Waals surface area contributed by atoms with E-state index < -0.39 is 0 Å². The molecular weight excluding hydrogens is 299 g/mol. The number of esters is 1. The molecule has 0 aliphatic carbocycles. The average molecular weight is 322 g/mol. The van der Waals surface area contributed by atoms with Gasteiger partial charge in [0.15, 0.2) is 0 Å². The van der Waals surface area contributed by atoms with Crippen molar-refractivity contribution in [3.05, 3.63) is 60.2 Å². The molecule has 0 saturated heterocycles. The second-order valence-corrected chi connectivity index (χ2v) is 5.14. The summed E-state index contributed by atoms with van der Waals surface area (Å²) in [5.41, 5.74) is 0.516. The Labute approximate surface area is 160 Å². The number of hydrogen-bond donors (Lipinski definition) is 0. The van der Waals surface area contributed by atoms with Crippen molar-refractivity contribution in [1.82, 2.24) is 0 Å². The van der Waals surface area contributed by atoms with Crippen LogP contribution in [0.15, 0.2) is 54.6 Å². The number of carbonyl (C=O) groups is 1. The predicted molar refractivity (Wildman–Crippen MR) is 94.6 cm³/mol. The molecule has 0 fully saturated rings. The van der Waals surface area contributed by atoms with E-state index in [-0.39, 0.29) is 35.5 Å². The van der Waals surface area contributed by atoms with Gasteiger partial charge in [0, 0.05) is 0 Å². The van der Waals surface area contributed by atoms with E-state index in [1.807, 2.05) is 18.2 Å². The van der Waals surface area contributed by atoms with E-state index in [0.717, 1.165) is 12.2 Å². The quantitative estimate of drug-likeness (QED) is 0.316. The zero-order chi connectivity index (χ0) is 15.6. The molecule has 2 aromatic rings. The molecular formula is C19H23NaO3. The molecule has 0 amide bonds. The third-order valence-electron chi connectivity index (χ3n) is 3.31. The zero-order valence-corrected chi connectivity index (χ0v) is 13.0. The summed E-state index contributed by atoms with van der Waals surface area (Å²) in [5.74, 6) is 0.970. The first-order valence-electron chi connectivity index (χ1n) is 7.79. The van der Waals surface area contributed by atoms with Crippen LogP contribution in [0.2, 0.25) is 0 Å². The van der Waals surface area contributed by atoms with Crippen molar-refractivity contribution in [2.75, 3.05) is 6.61 Å². The fourth-order valence-electron chi connectivity index (χ4n) is 2.06. The molecule has 0 heterocycles. The van der Waals surface area contributed by atoms with Crippen molar-refractivity contribution in [3.63, 3.8) is 0 Å². The van der Waals surface area contributed by atoms with Crippen LogP contribution in [0, 0.1) is 0 Å². The van der Waals surface area contributed by atoms with Crippen LogP contribution in [0.4, 0.5) is 0 Å². The van der Waals surface area contributed by atoms with Gasteiger partial charge in [-0.1, -0.05) is 44.4 Å². The van der Waals surface area contributed by atoms with Crippen LogP contribution in [0.25, 0.3) is 0 Å². The summed E-state index contributed by atoms with van der Waals surface area (Å²) in [5, 5.41) is 0. The Balaban J connectivity index is 0.00000264. The molecule has 0 unspecified atom stereocenters. The van der Waals surface area contributed by atoms with Crippen LogP contribution < -0.4 is 9.47 Å². The Morgan fingerprint density at radius 1 is 0.870 bits per heavy atom. The van der Waals surface area contributed by atoms with Gasteiger partial charge in [0.2, 0.25) is 0 Å². The van der Waals surface area contributed by atoms with Gasteiger partial charge in [0.05, 0.1) is 12.2 Å². The van der Waals surface area contributed by atoms with Crippen LogP contribution in [0.3, 0.4) is 0 Å². The summed E-state index contributed by atoms with van der Waals surface area (Å²) in [6.45, 7) is 2.90. The van der Waals surface area contributed by atoms with Crippen LogP contribution in [0.5, 0.6) is 11.5 Å². The summed E-state index contributed by atoms with van der Waals surface area (Å²) in [6, 6.07) is 16.1. The molecule has 0 spiro atoms. The number of hydrogen-bond acceptors (Lipinski definition) is 3. The molecule has 0 aromatic heterocycles. The first-order valence-corrected chi connectivity index (χ1v) is 7.79. The first-order chi connectivity index (χ1) is 10.8. The van der Waals surface area contributed by atoms with E-state index in [1.165, 1.54) is 19.3 Å². The summed E-state index contributed by atoms with van der Waals surface area (Å²) >= 11 is 0. The van der Waals surface area contributed by atoms with Gasteiger partial charge in [-0.3, -0.25) is 0 Å². The Kier molecular flexibility index (Phi) is 9.69. The molecule has 118 valence electrons. The van der Waals surface area contributed by atoms with Crippen LogP contribution in [-0.2, 0) is 0 Å². The Bertz CT molecular complexity index is 567. The van der Waals surface area contributed by atoms with Crippen LogP contribution in [-0.4, -0.2) is 42.1 Å². The van der Waals surface area contributed by atoms with Gasteiger partial charge in [-0.25, -0.2) is 4.79 Å². The number of carbonyl (C=O) groups excluding carboxylic acids is 1. The number of para-hydroxylation sites is 1. The summed E-state index contributed by atoms with van der Waals surface area (Å²) in [7, 11) is 0. The van der Waals surface area contributed by atoms with E-state index in [4.69, 9.17) is 9.47 Å². The fourth-order valence-corrected chi connectivity index (χ4v) is 2.06.